The number of carbonyl (C=O) groups is 4. The molecular weight excluding hydrogens is 444 g/mol. The van der Waals surface area contributed by atoms with Gasteiger partial charge in [0.1, 0.15) is 10.5 Å². The van der Waals surface area contributed by atoms with Gasteiger partial charge in [-0.3, -0.25) is 19.2 Å². The van der Waals surface area contributed by atoms with E-state index in [0.29, 0.717) is 0 Å². The maximum absolute atomic E-state index is 12.4. The first kappa shape index (κ1) is 24.8. The zero-order chi connectivity index (χ0) is 21.4. The highest BCUT2D eigenvalue weighted by atomic mass is 32.2. The molecule has 0 radical (unpaired) electrons. The summed E-state index contributed by atoms with van der Waals surface area (Å²) in [6.07, 6.45) is -0.0466. The van der Waals surface area contributed by atoms with E-state index >= 15 is 0 Å². The van der Waals surface area contributed by atoms with Crippen molar-refractivity contribution < 1.29 is 28.7 Å². The summed E-state index contributed by atoms with van der Waals surface area (Å²) in [5.41, 5.74) is 0. The third-order valence-corrected chi connectivity index (χ3v) is 6.13. The van der Waals surface area contributed by atoms with Gasteiger partial charge in [-0.15, -0.1) is 0 Å². The van der Waals surface area contributed by atoms with Crippen LogP contribution in [0.3, 0.4) is 0 Å². The van der Waals surface area contributed by atoms with Gasteiger partial charge in [0.25, 0.3) is 0 Å². The lowest BCUT2D eigenvalue weighted by Gasteiger charge is -2.37. The second-order valence-corrected chi connectivity index (χ2v) is 9.42. The van der Waals surface area contributed by atoms with Crippen molar-refractivity contribution in [3.05, 3.63) is 0 Å². The Morgan fingerprint density at radius 3 is 1.50 bits per heavy atom. The van der Waals surface area contributed by atoms with Crippen LogP contribution in [0.5, 0.6) is 0 Å². The SMILES string of the molecule is CCOC(=O)C(C)SC(=S)N1C(=O)CCC(=O)N1C(=S)SC(C)C(=O)OCC. The first-order valence-electron chi connectivity index (χ1n) is 8.54. The van der Waals surface area contributed by atoms with E-state index in [4.69, 9.17) is 33.9 Å². The summed E-state index contributed by atoms with van der Waals surface area (Å²) in [4.78, 5) is 48.6. The van der Waals surface area contributed by atoms with Crippen LogP contribution in [-0.4, -0.2) is 66.1 Å². The Morgan fingerprint density at radius 1 is 0.893 bits per heavy atom. The summed E-state index contributed by atoms with van der Waals surface area (Å²) in [5, 5.41) is 0.654. The third-order valence-electron chi connectivity index (χ3n) is 3.36. The number of esters is 2. The predicted octanol–water partition coefficient (Wildman–Crippen LogP) is 2.29. The Bertz CT molecular complexity index is 616. The number of hydrogen-bond donors (Lipinski definition) is 0. The smallest absolute Gasteiger partial charge is 0.319 e. The van der Waals surface area contributed by atoms with Gasteiger partial charge >= 0.3 is 11.9 Å². The van der Waals surface area contributed by atoms with Crippen molar-refractivity contribution in [2.24, 2.45) is 0 Å². The molecule has 1 rings (SSSR count). The molecule has 0 saturated carbocycles. The fraction of sp³-hybridized carbons (Fsp3) is 0.625. The van der Waals surface area contributed by atoms with Gasteiger partial charge in [-0.2, -0.15) is 10.0 Å². The van der Waals surface area contributed by atoms with Crippen molar-refractivity contribution in [1.29, 1.82) is 0 Å². The van der Waals surface area contributed by atoms with Crippen molar-refractivity contribution in [3.63, 3.8) is 0 Å². The topological polar surface area (TPSA) is 93.2 Å². The molecule has 0 aliphatic carbocycles. The summed E-state index contributed by atoms with van der Waals surface area (Å²) < 4.78 is 9.87. The predicted molar refractivity (Wildman–Crippen MR) is 115 cm³/mol. The van der Waals surface area contributed by atoms with Gasteiger partial charge in [0.05, 0.1) is 13.2 Å². The Hall–Kier alpha value is -1.24. The molecule has 0 aromatic rings. The average Bonchev–Trinajstić information content (AvgIpc) is 2.63. The molecular formula is C16H22N2O6S4. The van der Waals surface area contributed by atoms with E-state index in [-0.39, 0.29) is 34.7 Å². The first-order chi connectivity index (χ1) is 13.1. The Balaban J connectivity index is 2.96. The van der Waals surface area contributed by atoms with Crippen LogP contribution < -0.4 is 0 Å². The summed E-state index contributed by atoms with van der Waals surface area (Å²) in [5.74, 6) is -1.80. The van der Waals surface area contributed by atoms with E-state index < -0.39 is 34.3 Å². The lowest BCUT2D eigenvalue weighted by Crippen LogP contribution is -2.56. The minimum Gasteiger partial charge on any atom is -0.465 e. The summed E-state index contributed by atoms with van der Waals surface area (Å²) in [7, 11) is 0. The molecule has 2 unspecified atom stereocenters. The quantitative estimate of drug-likeness (QED) is 0.429. The Morgan fingerprint density at radius 2 is 1.21 bits per heavy atom. The Kier molecular flexibility index (Phi) is 10.4. The van der Waals surface area contributed by atoms with E-state index in [9.17, 15) is 19.2 Å². The molecule has 0 aromatic heterocycles. The van der Waals surface area contributed by atoms with Crippen LogP contribution >= 0.6 is 48.0 Å². The largest absolute Gasteiger partial charge is 0.465 e. The number of nitrogens with zero attached hydrogens (tertiary/aromatic N) is 2. The van der Waals surface area contributed by atoms with Gasteiger partial charge in [0, 0.05) is 12.8 Å². The number of thiocarbonyl (C=S) groups is 2. The highest BCUT2D eigenvalue weighted by molar-refractivity contribution is 8.24. The van der Waals surface area contributed by atoms with Crippen LogP contribution in [0.4, 0.5) is 0 Å². The van der Waals surface area contributed by atoms with Crippen molar-refractivity contribution in [2.45, 2.75) is 51.0 Å². The van der Waals surface area contributed by atoms with Crippen LogP contribution in [0.15, 0.2) is 0 Å². The maximum atomic E-state index is 12.4. The third kappa shape index (κ3) is 6.68. The second kappa shape index (κ2) is 11.7. The summed E-state index contributed by atoms with van der Waals surface area (Å²) in [6, 6.07) is 0. The molecule has 1 fully saturated rings. The van der Waals surface area contributed by atoms with Crippen molar-refractivity contribution in [1.82, 2.24) is 10.0 Å². The van der Waals surface area contributed by atoms with Gasteiger partial charge in [0.15, 0.2) is 8.64 Å². The van der Waals surface area contributed by atoms with Crippen LogP contribution in [0, 0.1) is 0 Å². The van der Waals surface area contributed by atoms with E-state index in [0.717, 1.165) is 33.5 Å². The minimum atomic E-state index is -0.668. The zero-order valence-corrected chi connectivity index (χ0v) is 19.2. The van der Waals surface area contributed by atoms with E-state index in [1.807, 2.05) is 0 Å². The molecule has 1 heterocycles. The van der Waals surface area contributed by atoms with E-state index in [1.54, 1.807) is 27.7 Å². The number of hydrazine groups is 1. The van der Waals surface area contributed by atoms with Crippen LogP contribution in [0.1, 0.15) is 40.5 Å². The molecule has 8 nitrogen and oxygen atoms in total. The standard InChI is InChI=1S/C16H22N2O6S4/c1-5-23-13(21)9(3)27-15(25)17-11(19)7-8-12(20)18(17)16(26)28-10(4)14(22)24-6-2/h9-10H,5-8H2,1-4H3. The Labute approximate surface area is 183 Å². The number of amides is 2. The number of ether oxygens (including phenoxy) is 2. The molecule has 1 aliphatic rings. The highest BCUT2D eigenvalue weighted by Crippen LogP contribution is 2.28. The van der Waals surface area contributed by atoms with Crippen LogP contribution in [0.25, 0.3) is 0 Å². The number of hydrogen-bond acceptors (Lipinski definition) is 10. The monoisotopic (exact) mass is 466 g/mol. The molecule has 0 spiro atoms. The highest BCUT2D eigenvalue weighted by Gasteiger charge is 2.39. The fourth-order valence-electron chi connectivity index (χ4n) is 2.03. The first-order valence-corrected chi connectivity index (χ1v) is 11.1. The molecule has 0 N–H and O–H groups in total. The van der Waals surface area contributed by atoms with E-state index in [2.05, 4.69) is 0 Å². The molecule has 28 heavy (non-hydrogen) atoms. The lowest BCUT2D eigenvalue weighted by molar-refractivity contribution is -0.152. The molecule has 0 aromatic carbocycles. The fourth-order valence-corrected chi connectivity index (χ4v) is 4.77. The molecule has 2 atom stereocenters. The van der Waals surface area contributed by atoms with Gasteiger partial charge < -0.3 is 9.47 Å². The van der Waals surface area contributed by atoms with Gasteiger partial charge in [-0.05, 0) is 27.7 Å². The molecule has 0 bridgehead atoms. The average molecular weight is 467 g/mol. The normalized spacial score (nSPS) is 16.4. The maximum Gasteiger partial charge on any atom is 0.319 e. The van der Waals surface area contributed by atoms with Crippen molar-refractivity contribution >= 4 is 80.4 Å². The molecule has 1 saturated heterocycles. The lowest BCUT2D eigenvalue weighted by atomic mass is 10.2. The van der Waals surface area contributed by atoms with Crippen molar-refractivity contribution in [2.75, 3.05) is 13.2 Å². The summed E-state index contributed by atoms with van der Waals surface area (Å²) >= 11 is 12.4. The number of thioether (sulfide) groups is 2. The number of rotatable bonds is 6. The summed E-state index contributed by atoms with van der Waals surface area (Å²) in [6.45, 7) is 6.98. The zero-order valence-electron chi connectivity index (χ0n) is 16.0. The van der Waals surface area contributed by atoms with Gasteiger partial charge in [0.2, 0.25) is 11.8 Å². The number of carbonyl (C=O) groups excluding carboxylic acids is 4. The van der Waals surface area contributed by atoms with Crippen LogP contribution in [-0.2, 0) is 28.7 Å². The van der Waals surface area contributed by atoms with Gasteiger partial charge in [-0.1, -0.05) is 48.0 Å². The van der Waals surface area contributed by atoms with E-state index in [1.165, 1.54) is 0 Å². The molecule has 12 heteroatoms. The molecule has 2 amide bonds. The van der Waals surface area contributed by atoms with Gasteiger partial charge in [-0.25, -0.2) is 0 Å². The van der Waals surface area contributed by atoms with Crippen LogP contribution in [0.2, 0.25) is 0 Å². The molecule has 1 aliphatic heterocycles. The minimum absolute atomic E-state index is 0.00495. The second-order valence-electron chi connectivity index (χ2n) is 5.47. The van der Waals surface area contributed by atoms with Crippen molar-refractivity contribution in [3.8, 4) is 0 Å². The molecule has 156 valence electrons.